The minimum absolute atomic E-state index is 0.250. The van der Waals surface area contributed by atoms with E-state index in [1.54, 1.807) is 0 Å². The first kappa shape index (κ1) is 10.0. The molecule has 5 heteroatoms. The number of aliphatic carboxylic acids is 1. The van der Waals surface area contributed by atoms with E-state index in [-0.39, 0.29) is 13.0 Å². The van der Waals surface area contributed by atoms with Crippen molar-refractivity contribution >= 4 is 12.4 Å². The SMILES string of the molecule is NC=O.NCC(=O)O. The van der Waals surface area contributed by atoms with Crippen molar-refractivity contribution in [3.63, 3.8) is 0 Å². The minimum Gasteiger partial charge on any atom is -0.480 e. The summed E-state index contributed by atoms with van der Waals surface area (Å²) in [6, 6.07) is 0. The van der Waals surface area contributed by atoms with Gasteiger partial charge in [0, 0.05) is 0 Å². The Morgan fingerprint density at radius 1 is 1.75 bits per heavy atom. The topological polar surface area (TPSA) is 106 Å². The van der Waals surface area contributed by atoms with Gasteiger partial charge < -0.3 is 16.6 Å². The van der Waals surface area contributed by atoms with Gasteiger partial charge in [0.05, 0.1) is 6.54 Å². The van der Waals surface area contributed by atoms with Crippen LogP contribution in [0.5, 0.6) is 0 Å². The molecule has 5 nitrogen and oxygen atoms in total. The molecule has 0 aromatic rings. The predicted molar refractivity (Wildman–Crippen MR) is 26.9 cm³/mol. The highest BCUT2D eigenvalue weighted by atomic mass is 16.4. The van der Waals surface area contributed by atoms with Crippen LogP contribution in [0.25, 0.3) is 0 Å². The molecule has 8 heavy (non-hydrogen) atoms. The summed E-state index contributed by atoms with van der Waals surface area (Å²) >= 11 is 0. The van der Waals surface area contributed by atoms with Gasteiger partial charge in [-0.05, 0) is 0 Å². The Kier molecular flexibility index (Phi) is 11.6. The predicted octanol–water partition coefficient (Wildman–Crippen LogP) is -1.87. The zero-order valence-electron chi connectivity index (χ0n) is 4.20. The second-order valence-electron chi connectivity index (χ2n) is 0.734. The number of carboxylic acid groups (broad SMARTS) is 1. The molecular weight excluding hydrogens is 112 g/mol. The van der Waals surface area contributed by atoms with Gasteiger partial charge in [-0.2, -0.15) is 0 Å². The molecule has 0 unspecified atom stereocenters. The number of primary amides is 1. The lowest BCUT2D eigenvalue weighted by Crippen LogP contribution is -2.10. The van der Waals surface area contributed by atoms with Crippen molar-refractivity contribution in [3.05, 3.63) is 0 Å². The number of rotatable bonds is 1. The van der Waals surface area contributed by atoms with Crippen molar-refractivity contribution in [3.8, 4) is 0 Å². The smallest absolute Gasteiger partial charge is 0.317 e. The van der Waals surface area contributed by atoms with Gasteiger partial charge in [0.1, 0.15) is 0 Å². The summed E-state index contributed by atoms with van der Waals surface area (Å²) in [4.78, 5) is 17.8. The van der Waals surface area contributed by atoms with Crippen molar-refractivity contribution in [2.75, 3.05) is 6.54 Å². The molecular formula is C3H8N2O3. The van der Waals surface area contributed by atoms with E-state index in [0.29, 0.717) is 0 Å². The quantitative estimate of drug-likeness (QED) is 0.352. The molecule has 0 aromatic heterocycles. The van der Waals surface area contributed by atoms with Crippen LogP contribution in [0.1, 0.15) is 0 Å². The van der Waals surface area contributed by atoms with Gasteiger partial charge in [0.15, 0.2) is 0 Å². The molecule has 0 saturated heterocycles. The average Bonchev–Trinajstić information content (AvgIpc) is 1.69. The monoisotopic (exact) mass is 120 g/mol. The molecule has 0 aliphatic heterocycles. The molecule has 0 spiro atoms. The second kappa shape index (κ2) is 9.31. The molecule has 0 radical (unpaired) electrons. The van der Waals surface area contributed by atoms with Gasteiger partial charge in [-0.3, -0.25) is 9.59 Å². The van der Waals surface area contributed by atoms with Gasteiger partial charge in [-0.15, -0.1) is 0 Å². The van der Waals surface area contributed by atoms with E-state index in [0.717, 1.165) is 0 Å². The van der Waals surface area contributed by atoms with Gasteiger partial charge in [0.25, 0.3) is 0 Å². The first-order valence-electron chi connectivity index (χ1n) is 1.76. The Morgan fingerprint density at radius 2 is 1.88 bits per heavy atom. The van der Waals surface area contributed by atoms with E-state index in [9.17, 15) is 4.79 Å². The summed E-state index contributed by atoms with van der Waals surface area (Å²) in [6.07, 6.45) is 0.250. The van der Waals surface area contributed by atoms with Crippen LogP contribution in [0, 0.1) is 0 Å². The average molecular weight is 120 g/mol. The summed E-state index contributed by atoms with van der Waals surface area (Å²) < 4.78 is 0. The fourth-order valence-corrected chi connectivity index (χ4v) is 0. The summed E-state index contributed by atoms with van der Waals surface area (Å²) in [5.74, 6) is -0.968. The van der Waals surface area contributed by atoms with Crippen LogP contribution in [0.2, 0.25) is 0 Å². The summed E-state index contributed by atoms with van der Waals surface area (Å²) in [5.41, 5.74) is 8.74. The lowest BCUT2D eigenvalue weighted by molar-refractivity contribution is -0.135. The molecule has 0 rings (SSSR count). The zero-order valence-corrected chi connectivity index (χ0v) is 4.20. The summed E-state index contributed by atoms with van der Waals surface area (Å²) in [5, 5.41) is 7.60. The lowest BCUT2D eigenvalue weighted by Gasteiger charge is -1.73. The number of amides is 1. The Hall–Kier alpha value is -1.10. The molecule has 48 valence electrons. The normalized spacial score (nSPS) is 6.12. The van der Waals surface area contributed by atoms with E-state index >= 15 is 0 Å². The highest BCUT2D eigenvalue weighted by Crippen LogP contribution is 1.43. The van der Waals surface area contributed by atoms with Crippen molar-refractivity contribution in [1.82, 2.24) is 0 Å². The van der Waals surface area contributed by atoms with Crippen molar-refractivity contribution in [1.29, 1.82) is 0 Å². The van der Waals surface area contributed by atoms with E-state index in [1.165, 1.54) is 0 Å². The Balaban J connectivity index is 0. The molecule has 0 bridgehead atoms. The van der Waals surface area contributed by atoms with Gasteiger partial charge in [-0.25, -0.2) is 0 Å². The molecule has 0 heterocycles. The first-order valence-corrected chi connectivity index (χ1v) is 1.76. The van der Waals surface area contributed by atoms with Crippen LogP contribution in [0.15, 0.2) is 0 Å². The maximum absolute atomic E-state index is 9.24. The molecule has 0 saturated carbocycles. The number of nitrogens with two attached hydrogens (primary N) is 2. The van der Waals surface area contributed by atoms with E-state index < -0.39 is 5.97 Å². The zero-order chi connectivity index (χ0) is 6.99. The highest BCUT2D eigenvalue weighted by molar-refractivity contribution is 5.68. The number of carbonyl (C=O) groups is 2. The highest BCUT2D eigenvalue weighted by Gasteiger charge is 1.81. The van der Waals surface area contributed by atoms with Crippen molar-refractivity contribution < 1.29 is 14.7 Å². The van der Waals surface area contributed by atoms with E-state index in [4.69, 9.17) is 9.90 Å². The van der Waals surface area contributed by atoms with Crippen LogP contribution in [0.4, 0.5) is 0 Å². The van der Waals surface area contributed by atoms with Crippen LogP contribution < -0.4 is 11.5 Å². The summed E-state index contributed by atoms with van der Waals surface area (Å²) in [6.45, 7) is -0.278. The van der Waals surface area contributed by atoms with Gasteiger partial charge in [0.2, 0.25) is 6.41 Å². The minimum atomic E-state index is -0.968. The fraction of sp³-hybridized carbons (Fsp3) is 0.333. The van der Waals surface area contributed by atoms with Crippen molar-refractivity contribution in [2.24, 2.45) is 11.5 Å². The molecule has 5 N–H and O–H groups in total. The van der Waals surface area contributed by atoms with Crippen molar-refractivity contribution in [2.45, 2.75) is 0 Å². The Labute approximate surface area is 46.3 Å². The maximum atomic E-state index is 9.24. The molecule has 0 aromatic carbocycles. The van der Waals surface area contributed by atoms with E-state index in [2.05, 4.69) is 11.5 Å². The Morgan fingerprint density at radius 3 is 1.88 bits per heavy atom. The van der Waals surface area contributed by atoms with Crippen LogP contribution in [-0.2, 0) is 9.59 Å². The standard InChI is InChI=1S/C2H5NO2.CH3NO/c3-1-2(4)5;2-1-3/h1,3H2,(H,4,5);1H,(H2,2,3). The largest absolute Gasteiger partial charge is 0.480 e. The lowest BCUT2D eigenvalue weighted by atomic mass is 10.7. The molecule has 1 amide bonds. The van der Waals surface area contributed by atoms with E-state index in [1.807, 2.05) is 0 Å². The van der Waals surface area contributed by atoms with Gasteiger partial charge in [-0.1, -0.05) is 0 Å². The van der Waals surface area contributed by atoms with Gasteiger partial charge >= 0.3 is 5.97 Å². The number of hydrogen-bond acceptors (Lipinski definition) is 3. The molecule has 0 atom stereocenters. The van der Waals surface area contributed by atoms with Crippen LogP contribution in [-0.4, -0.2) is 24.0 Å². The third-order valence-electron chi connectivity index (χ3n) is 0.175. The fourth-order valence-electron chi connectivity index (χ4n) is 0. The maximum Gasteiger partial charge on any atom is 0.317 e. The molecule has 0 aliphatic carbocycles. The second-order valence-corrected chi connectivity index (χ2v) is 0.734. The van der Waals surface area contributed by atoms with Crippen LogP contribution >= 0.6 is 0 Å². The first-order chi connectivity index (χ1) is 3.68. The number of hydrogen-bond donors (Lipinski definition) is 3. The number of carboxylic acids is 1. The van der Waals surface area contributed by atoms with Crippen LogP contribution in [0.3, 0.4) is 0 Å². The Bertz CT molecular complexity index is 72.9. The summed E-state index contributed by atoms with van der Waals surface area (Å²) in [7, 11) is 0. The third kappa shape index (κ3) is 92.0. The molecule has 0 aliphatic rings. The molecule has 0 fully saturated rings. The third-order valence-corrected chi connectivity index (χ3v) is 0.175. The number of carbonyl (C=O) groups excluding carboxylic acids is 1.